The molecule has 1 unspecified atom stereocenters. The largest absolute Gasteiger partial charge is 0.393 e. The third kappa shape index (κ3) is 4.53. The van der Waals surface area contributed by atoms with E-state index < -0.39 is 0 Å². The Morgan fingerprint density at radius 2 is 2.06 bits per heavy atom. The number of carbonyl (C=O) groups excluding carboxylic acids is 1. The predicted molar refractivity (Wildman–Crippen MR) is 78.5 cm³/mol. The SMILES string of the molecule is CCCN1CCC(NC(=O)C(CC)C(N)=S)CC1. The van der Waals surface area contributed by atoms with Crippen LogP contribution in [0, 0.1) is 5.92 Å². The molecule has 0 spiro atoms. The van der Waals surface area contributed by atoms with Crippen molar-refractivity contribution < 1.29 is 4.79 Å². The lowest BCUT2D eigenvalue weighted by atomic mass is 10.0. The van der Waals surface area contributed by atoms with Gasteiger partial charge in [0.25, 0.3) is 0 Å². The van der Waals surface area contributed by atoms with E-state index in [0.29, 0.717) is 11.4 Å². The Labute approximate surface area is 115 Å². The number of hydrogen-bond donors (Lipinski definition) is 2. The summed E-state index contributed by atoms with van der Waals surface area (Å²) in [7, 11) is 0. The maximum atomic E-state index is 12.0. The Morgan fingerprint density at radius 3 is 2.50 bits per heavy atom. The summed E-state index contributed by atoms with van der Waals surface area (Å²) in [6.07, 6.45) is 3.92. The minimum atomic E-state index is -0.311. The quantitative estimate of drug-likeness (QED) is 0.715. The van der Waals surface area contributed by atoms with E-state index in [9.17, 15) is 4.79 Å². The highest BCUT2D eigenvalue weighted by Gasteiger charge is 2.24. The number of nitrogens with two attached hydrogens (primary N) is 1. The fourth-order valence-corrected chi connectivity index (χ4v) is 2.71. The molecule has 104 valence electrons. The van der Waals surface area contributed by atoms with Gasteiger partial charge in [0.15, 0.2) is 0 Å². The molecule has 1 saturated heterocycles. The number of nitrogens with zero attached hydrogens (tertiary/aromatic N) is 1. The lowest BCUT2D eigenvalue weighted by Gasteiger charge is -2.32. The molecule has 18 heavy (non-hydrogen) atoms. The Bertz CT molecular complexity index is 288. The maximum absolute atomic E-state index is 12.0. The standard InChI is InChI=1S/C13H25N3OS/c1-3-7-16-8-5-10(6-9-16)15-13(17)11(4-2)12(14)18/h10-11H,3-9H2,1-2H3,(H2,14,18)(H,15,17). The van der Waals surface area contributed by atoms with Crippen molar-refractivity contribution in [3.8, 4) is 0 Å². The van der Waals surface area contributed by atoms with Crippen molar-refractivity contribution in [3.05, 3.63) is 0 Å². The second kappa shape index (κ2) is 7.69. The number of piperidine rings is 1. The van der Waals surface area contributed by atoms with Crippen LogP contribution in [0.2, 0.25) is 0 Å². The van der Waals surface area contributed by atoms with E-state index in [-0.39, 0.29) is 17.9 Å². The van der Waals surface area contributed by atoms with Gasteiger partial charge in [-0.1, -0.05) is 26.1 Å². The Hall–Kier alpha value is -0.680. The molecule has 0 aromatic heterocycles. The van der Waals surface area contributed by atoms with Gasteiger partial charge in [0.05, 0.1) is 10.9 Å². The van der Waals surface area contributed by atoms with Crippen LogP contribution in [0.5, 0.6) is 0 Å². The minimum Gasteiger partial charge on any atom is -0.393 e. The van der Waals surface area contributed by atoms with Gasteiger partial charge in [0, 0.05) is 19.1 Å². The second-order valence-electron chi connectivity index (χ2n) is 4.99. The highest BCUT2D eigenvalue weighted by Crippen LogP contribution is 2.12. The maximum Gasteiger partial charge on any atom is 0.230 e. The van der Waals surface area contributed by atoms with Crippen molar-refractivity contribution in [3.63, 3.8) is 0 Å². The number of carbonyl (C=O) groups is 1. The summed E-state index contributed by atoms with van der Waals surface area (Å²) < 4.78 is 0. The molecule has 1 atom stereocenters. The normalized spacial score (nSPS) is 19.4. The summed E-state index contributed by atoms with van der Waals surface area (Å²) in [5.41, 5.74) is 5.58. The zero-order valence-electron chi connectivity index (χ0n) is 11.4. The van der Waals surface area contributed by atoms with Gasteiger partial charge < -0.3 is 16.0 Å². The molecule has 1 rings (SSSR count). The molecule has 5 heteroatoms. The first-order valence-electron chi connectivity index (χ1n) is 6.90. The van der Waals surface area contributed by atoms with Gasteiger partial charge in [-0.25, -0.2) is 0 Å². The Morgan fingerprint density at radius 1 is 1.44 bits per heavy atom. The lowest BCUT2D eigenvalue weighted by molar-refractivity contribution is -0.124. The van der Waals surface area contributed by atoms with Crippen LogP contribution in [-0.4, -0.2) is 41.5 Å². The molecule has 1 aliphatic heterocycles. The number of thiocarbonyl (C=S) groups is 1. The smallest absolute Gasteiger partial charge is 0.230 e. The van der Waals surface area contributed by atoms with Gasteiger partial charge in [-0.3, -0.25) is 4.79 Å². The minimum absolute atomic E-state index is 0.000980. The van der Waals surface area contributed by atoms with E-state index in [1.165, 1.54) is 6.42 Å². The molecule has 0 aliphatic carbocycles. The summed E-state index contributed by atoms with van der Waals surface area (Å²) in [5, 5.41) is 3.08. The van der Waals surface area contributed by atoms with Gasteiger partial charge in [-0.2, -0.15) is 0 Å². The van der Waals surface area contributed by atoms with Crippen molar-refractivity contribution in [2.75, 3.05) is 19.6 Å². The van der Waals surface area contributed by atoms with E-state index in [1.807, 2.05) is 6.92 Å². The fourth-order valence-electron chi connectivity index (χ4n) is 2.43. The summed E-state index contributed by atoms with van der Waals surface area (Å²) in [4.78, 5) is 14.8. The molecule has 0 aromatic rings. The van der Waals surface area contributed by atoms with Crippen LogP contribution in [-0.2, 0) is 4.79 Å². The molecule has 0 radical (unpaired) electrons. The lowest BCUT2D eigenvalue weighted by Crippen LogP contribution is -2.48. The third-order valence-corrected chi connectivity index (χ3v) is 3.83. The summed E-state index contributed by atoms with van der Waals surface area (Å²) >= 11 is 4.92. The van der Waals surface area contributed by atoms with Crippen molar-refractivity contribution in [1.29, 1.82) is 0 Å². The number of nitrogens with one attached hydrogen (secondary N) is 1. The third-order valence-electron chi connectivity index (χ3n) is 3.54. The molecule has 0 aromatic carbocycles. The van der Waals surface area contributed by atoms with Gasteiger partial charge >= 0.3 is 0 Å². The molecule has 4 nitrogen and oxygen atoms in total. The number of amides is 1. The number of hydrogen-bond acceptors (Lipinski definition) is 3. The van der Waals surface area contributed by atoms with Crippen LogP contribution in [0.4, 0.5) is 0 Å². The Balaban J connectivity index is 2.36. The predicted octanol–water partition coefficient (Wildman–Crippen LogP) is 1.29. The fraction of sp³-hybridized carbons (Fsp3) is 0.846. The molecule has 1 fully saturated rings. The highest BCUT2D eigenvalue weighted by molar-refractivity contribution is 7.80. The van der Waals surface area contributed by atoms with E-state index >= 15 is 0 Å². The summed E-state index contributed by atoms with van der Waals surface area (Å²) in [6, 6.07) is 0.286. The van der Waals surface area contributed by atoms with E-state index in [4.69, 9.17) is 18.0 Å². The second-order valence-corrected chi connectivity index (χ2v) is 5.46. The number of likely N-dealkylation sites (tertiary alicyclic amines) is 1. The molecule has 1 amide bonds. The van der Waals surface area contributed by atoms with Crippen LogP contribution < -0.4 is 11.1 Å². The van der Waals surface area contributed by atoms with Crippen molar-refractivity contribution in [2.24, 2.45) is 11.7 Å². The molecular weight excluding hydrogens is 246 g/mol. The van der Waals surface area contributed by atoms with E-state index in [2.05, 4.69) is 17.1 Å². The average Bonchev–Trinajstić information content (AvgIpc) is 2.32. The first-order valence-corrected chi connectivity index (χ1v) is 7.31. The summed E-state index contributed by atoms with van der Waals surface area (Å²) in [6.45, 7) is 7.44. The van der Waals surface area contributed by atoms with Crippen LogP contribution >= 0.6 is 12.2 Å². The van der Waals surface area contributed by atoms with Crippen LogP contribution in [0.25, 0.3) is 0 Å². The topological polar surface area (TPSA) is 58.4 Å². The van der Waals surface area contributed by atoms with E-state index in [0.717, 1.165) is 32.5 Å². The van der Waals surface area contributed by atoms with Crippen LogP contribution in [0.15, 0.2) is 0 Å². The molecule has 3 N–H and O–H groups in total. The van der Waals surface area contributed by atoms with Gasteiger partial charge in [-0.15, -0.1) is 0 Å². The van der Waals surface area contributed by atoms with Crippen molar-refractivity contribution in [1.82, 2.24) is 10.2 Å². The first-order chi connectivity index (χ1) is 8.58. The number of rotatable bonds is 6. The molecule has 0 saturated carbocycles. The Kier molecular flexibility index (Phi) is 6.57. The van der Waals surface area contributed by atoms with E-state index in [1.54, 1.807) is 0 Å². The van der Waals surface area contributed by atoms with Gasteiger partial charge in [-0.05, 0) is 32.2 Å². The van der Waals surface area contributed by atoms with Crippen molar-refractivity contribution in [2.45, 2.75) is 45.6 Å². The van der Waals surface area contributed by atoms with Crippen LogP contribution in [0.1, 0.15) is 39.5 Å². The van der Waals surface area contributed by atoms with Gasteiger partial charge in [0.2, 0.25) is 5.91 Å². The highest BCUT2D eigenvalue weighted by atomic mass is 32.1. The first kappa shape index (κ1) is 15.4. The monoisotopic (exact) mass is 271 g/mol. The summed E-state index contributed by atoms with van der Waals surface area (Å²) in [5.74, 6) is -0.312. The zero-order chi connectivity index (χ0) is 13.5. The van der Waals surface area contributed by atoms with Crippen molar-refractivity contribution >= 4 is 23.1 Å². The van der Waals surface area contributed by atoms with Crippen LogP contribution in [0.3, 0.4) is 0 Å². The molecule has 1 heterocycles. The molecular formula is C13H25N3OS. The molecule has 1 aliphatic rings. The zero-order valence-corrected chi connectivity index (χ0v) is 12.3. The molecule has 0 bridgehead atoms. The van der Waals surface area contributed by atoms with Gasteiger partial charge in [0.1, 0.15) is 0 Å². The average molecular weight is 271 g/mol.